The molecule has 208 valence electrons. The second-order valence-electron chi connectivity index (χ2n) is 9.82. The molecule has 8 nitrogen and oxygen atoms in total. The molecule has 0 aromatic heterocycles. The number of carbonyl (C=O) groups excluding carboxylic acids is 1. The number of methoxy groups -OCH3 is 1. The molecule has 1 unspecified atom stereocenters. The molecule has 0 fully saturated rings. The monoisotopic (exact) mass is 527 g/mol. The van der Waals surface area contributed by atoms with E-state index in [2.05, 4.69) is 19.2 Å². The van der Waals surface area contributed by atoms with Crippen LogP contribution in [0, 0.1) is 0 Å². The SMILES string of the molecule is CCCc1c(OCCCOc2ccc(C(=O)NC(C)C)c(OC)c2CCC)ccc2c1OC(C(=O)O)CC2. The summed E-state index contributed by atoms with van der Waals surface area (Å²) in [5, 5.41) is 12.3. The third-order valence-corrected chi connectivity index (χ3v) is 6.40. The number of aliphatic carboxylic acids is 1. The fourth-order valence-electron chi connectivity index (χ4n) is 4.69. The van der Waals surface area contributed by atoms with Gasteiger partial charge in [0.05, 0.1) is 25.9 Å². The first-order valence-electron chi connectivity index (χ1n) is 13.6. The van der Waals surface area contributed by atoms with Gasteiger partial charge in [-0.2, -0.15) is 0 Å². The van der Waals surface area contributed by atoms with Crippen molar-refractivity contribution in [3.05, 3.63) is 46.5 Å². The maximum atomic E-state index is 12.7. The number of carboxylic acids is 1. The average Bonchev–Trinajstić information content (AvgIpc) is 2.89. The molecule has 0 saturated heterocycles. The molecule has 1 heterocycles. The van der Waals surface area contributed by atoms with Gasteiger partial charge in [0.15, 0.2) is 6.10 Å². The fourth-order valence-corrected chi connectivity index (χ4v) is 4.69. The number of hydrogen-bond acceptors (Lipinski definition) is 6. The molecule has 1 atom stereocenters. The van der Waals surface area contributed by atoms with E-state index in [4.69, 9.17) is 18.9 Å². The summed E-state index contributed by atoms with van der Waals surface area (Å²) < 4.78 is 23.7. The van der Waals surface area contributed by atoms with E-state index in [1.165, 1.54) is 0 Å². The Hall–Kier alpha value is -3.42. The second-order valence-corrected chi connectivity index (χ2v) is 9.82. The zero-order valence-corrected chi connectivity index (χ0v) is 23.2. The summed E-state index contributed by atoms with van der Waals surface area (Å²) in [4.78, 5) is 24.1. The molecule has 0 saturated carbocycles. The average molecular weight is 528 g/mol. The van der Waals surface area contributed by atoms with Gasteiger partial charge in [-0.1, -0.05) is 32.8 Å². The Labute approximate surface area is 225 Å². The number of fused-ring (bicyclic) bond motifs is 1. The standard InChI is InChI=1S/C30H41NO7/c1-6-9-21-24(14-11-20-12-15-26(30(33)34)38-27(20)21)36-17-8-18-37-25-16-13-23(29(32)31-19(3)4)28(35-5)22(25)10-7-2/h11,13-14,16,19,26H,6-10,12,15,17-18H2,1-5H3,(H,31,32)(H,33,34). The first-order chi connectivity index (χ1) is 18.3. The van der Waals surface area contributed by atoms with Crippen LogP contribution < -0.4 is 24.3 Å². The van der Waals surface area contributed by atoms with Crippen LogP contribution >= 0.6 is 0 Å². The van der Waals surface area contributed by atoms with Crippen molar-refractivity contribution in [2.45, 2.75) is 84.8 Å². The molecule has 3 rings (SSSR count). The van der Waals surface area contributed by atoms with Gasteiger partial charge in [-0.3, -0.25) is 4.79 Å². The van der Waals surface area contributed by atoms with Crippen LogP contribution in [0.3, 0.4) is 0 Å². The van der Waals surface area contributed by atoms with Gasteiger partial charge < -0.3 is 29.4 Å². The van der Waals surface area contributed by atoms with E-state index in [1.807, 2.05) is 32.0 Å². The van der Waals surface area contributed by atoms with E-state index in [0.717, 1.165) is 48.1 Å². The predicted octanol–water partition coefficient (Wildman–Crippen LogP) is 5.36. The van der Waals surface area contributed by atoms with Crippen LogP contribution in [-0.4, -0.2) is 49.5 Å². The summed E-state index contributed by atoms with van der Waals surface area (Å²) in [5.41, 5.74) is 3.35. The van der Waals surface area contributed by atoms with Crippen LogP contribution in [0.1, 0.15) is 80.4 Å². The lowest BCUT2D eigenvalue weighted by molar-refractivity contribution is -0.145. The Balaban J connectivity index is 1.66. The van der Waals surface area contributed by atoms with Crippen molar-refractivity contribution >= 4 is 11.9 Å². The molecule has 1 amide bonds. The van der Waals surface area contributed by atoms with Gasteiger partial charge in [-0.05, 0) is 63.3 Å². The van der Waals surface area contributed by atoms with Gasteiger partial charge in [0.1, 0.15) is 23.0 Å². The first kappa shape index (κ1) is 29.1. The normalized spacial score (nSPS) is 14.4. The van der Waals surface area contributed by atoms with Gasteiger partial charge in [-0.25, -0.2) is 4.79 Å². The summed E-state index contributed by atoms with van der Waals surface area (Å²) in [6, 6.07) is 7.54. The van der Waals surface area contributed by atoms with Crippen LogP contribution in [0.25, 0.3) is 0 Å². The van der Waals surface area contributed by atoms with Crippen molar-refractivity contribution in [1.29, 1.82) is 0 Å². The third-order valence-electron chi connectivity index (χ3n) is 6.40. The highest BCUT2D eigenvalue weighted by atomic mass is 16.5. The van der Waals surface area contributed by atoms with Crippen molar-refractivity contribution < 1.29 is 33.6 Å². The van der Waals surface area contributed by atoms with E-state index < -0.39 is 12.1 Å². The summed E-state index contributed by atoms with van der Waals surface area (Å²) in [5.74, 6) is 1.55. The number of benzene rings is 2. The van der Waals surface area contributed by atoms with Gasteiger partial charge in [0.2, 0.25) is 0 Å². The van der Waals surface area contributed by atoms with Gasteiger partial charge >= 0.3 is 5.97 Å². The lowest BCUT2D eigenvalue weighted by Crippen LogP contribution is -2.31. The van der Waals surface area contributed by atoms with Gasteiger partial charge in [0.25, 0.3) is 5.91 Å². The summed E-state index contributed by atoms with van der Waals surface area (Å²) in [6.45, 7) is 8.87. The van der Waals surface area contributed by atoms with Crippen LogP contribution in [0.5, 0.6) is 23.0 Å². The Kier molecular flexibility index (Phi) is 10.7. The minimum atomic E-state index is -0.936. The van der Waals surface area contributed by atoms with Crippen molar-refractivity contribution in [2.24, 2.45) is 0 Å². The number of amides is 1. The van der Waals surface area contributed by atoms with E-state index in [9.17, 15) is 14.7 Å². The molecule has 0 spiro atoms. The van der Waals surface area contributed by atoms with Crippen molar-refractivity contribution in [3.8, 4) is 23.0 Å². The topological polar surface area (TPSA) is 103 Å². The van der Waals surface area contributed by atoms with Crippen molar-refractivity contribution in [3.63, 3.8) is 0 Å². The largest absolute Gasteiger partial charge is 0.495 e. The van der Waals surface area contributed by atoms with E-state index in [-0.39, 0.29) is 11.9 Å². The van der Waals surface area contributed by atoms with Crippen molar-refractivity contribution in [1.82, 2.24) is 5.32 Å². The first-order valence-corrected chi connectivity index (χ1v) is 13.6. The minimum Gasteiger partial charge on any atom is -0.495 e. The summed E-state index contributed by atoms with van der Waals surface area (Å²) in [7, 11) is 1.58. The Morgan fingerprint density at radius 3 is 2.26 bits per heavy atom. The number of carboxylic acid groups (broad SMARTS) is 1. The Bertz CT molecular complexity index is 1110. The predicted molar refractivity (Wildman–Crippen MR) is 146 cm³/mol. The van der Waals surface area contributed by atoms with E-state index in [1.54, 1.807) is 13.2 Å². The van der Waals surface area contributed by atoms with Crippen LogP contribution in [0.15, 0.2) is 24.3 Å². The molecule has 2 N–H and O–H groups in total. The zero-order valence-electron chi connectivity index (χ0n) is 23.2. The molecule has 2 aromatic carbocycles. The highest BCUT2D eigenvalue weighted by molar-refractivity contribution is 5.98. The highest BCUT2D eigenvalue weighted by Crippen LogP contribution is 2.38. The summed E-state index contributed by atoms with van der Waals surface area (Å²) >= 11 is 0. The lowest BCUT2D eigenvalue weighted by Gasteiger charge is -2.26. The number of ether oxygens (including phenoxy) is 4. The molecule has 38 heavy (non-hydrogen) atoms. The fraction of sp³-hybridized carbons (Fsp3) is 0.533. The molecule has 1 aliphatic rings. The molecule has 0 aliphatic carbocycles. The minimum absolute atomic E-state index is 0.0240. The number of hydrogen-bond donors (Lipinski definition) is 2. The number of rotatable bonds is 14. The number of aryl methyl sites for hydroxylation is 1. The van der Waals surface area contributed by atoms with Gasteiger partial charge in [0, 0.05) is 23.6 Å². The second kappa shape index (κ2) is 13.9. The maximum absolute atomic E-state index is 12.7. The maximum Gasteiger partial charge on any atom is 0.344 e. The summed E-state index contributed by atoms with van der Waals surface area (Å²) in [6.07, 6.45) is 4.23. The number of carbonyl (C=O) groups is 2. The Morgan fingerprint density at radius 1 is 1.03 bits per heavy atom. The highest BCUT2D eigenvalue weighted by Gasteiger charge is 2.28. The van der Waals surface area contributed by atoms with E-state index >= 15 is 0 Å². The molecule has 8 heteroatoms. The zero-order chi connectivity index (χ0) is 27.7. The van der Waals surface area contributed by atoms with E-state index in [0.29, 0.717) is 55.3 Å². The van der Waals surface area contributed by atoms with Crippen molar-refractivity contribution in [2.75, 3.05) is 20.3 Å². The molecular formula is C30H41NO7. The van der Waals surface area contributed by atoms with Gasteiger partial charge in [-0.15, -0.1) is 0 Å². The lowest BCUT2D eigenvalue weighted by atomic mass is 9.96. The van der Waals surface area contributed by atoms with Crippen LogP contribution in [0.4, 0.5) is 0 Å². The smallest absolute Gasteiger partial charge is 0.344 e. The molecule has 2 aromatic rings. The Morgan fingerprint density at radius 2 is 1.66 bits per heavy atom. The molecular weight excluding hydrogens is 486 g/mol. The molecule has 0 radical (unpaired) electrons. The van der Waals surface area contributed by atoms with Crippen LogP contribution in [0.2, 0.25) is 0 Å². The quantitative estimate of drug-likeness (QED) is 0.319. The third kappa shape index (κ3) is 7.11. The number of nitrogens with one attached hydrogen (secondary N) is 1. The molecule has 1 aliphatic heterocycles. The van der Waals surface area contributed by atoms with Crippen LogP contribution in [-0.2, 0) is 24.1 Å². The molecule has 0 bridgehead atoms.